The van der Waals surface area contributed by atoms with E-state index in [1.807, 2.05) is 18.2 Å². The summed E-state index contributed by atoms with van der Waals surface area (Å²) >= 11 is 6.95. The first-order valence-electron chi connectivity index (χ1n) is 7.00. The Morgan fingerprint density at radius 3 is 2.19 bits per heavy atom. The molecule has 1 unspecified atom stereocenters. The largest absolute Gasteiger partial charge is 0.388 e. The van der Waals surface area contributed by atoms with E-state index in [-0.39, 0.29) is 5.41 Å². The maximum Gasteiger partial charge on any atom is 0.0841 e. The summed E-state index contributed by atoms with van der Waals surface area (Å²) in [7, 11) is 0. The monoisotopic (exact) mass is 410 g/mol. The second kappa shape index (κ2) is 6.64. The molecular weight excluding hydrogens is 392 g/mol. The average Bonchev–Trinajstić information content (AvgIpc) is 2.41. The van der Waals surface area contributed by atoms with E-state index in [4.69, 9.17) is 0 Å². The lowest BCUT2D eigenvalue weighted by Gasteiger charge is -2.20. The molecule has 0 aromatic heterocycles. The van der Waals surface area contributed by atoms with Crippen molar-refractivity contribution in [2.75, 3.05) is 0 Å². The molecule has 21 heavy (non-hydrogen) atoms. The molecule has 0 spiro atoms. The van der Waals surface area contributed by atoms with Crippen LogP contribution in [-0.2, 0) is 11.8 Å². The van der Waals surface area contributed by atoms with Gasteiger partial charge in [0.15, 0.2) is 0 Å². The molecule has 2 rings (SSSR count). The zero-order valence-corrected chi connectivity index (χ0v) is 15.7. The molecule has 1 nitrogen and oxygen atoms in total. The van der Waals surface area contributed by atoms with E-state index in [2.05, 4.69) is 76.9 Å². The maximum atomic E-state index is 10.5. The number of rotatable bonds is 3. The fourth-order valence-corrected chi connectivity index (χ4v) is 3.13. The van der Waals surface area contributed by atoms with E-state index in [0.717, 1.165) is 20.1 Å². The molecule has 0 radical (unpaired) electrons. The predicted octanol–water partition coefficient (Wildman–Crippen LogP) is 5.79. The Labute approximate surface area is 143 Å². The van der Waals surface area contributed by atoms with Crippen molar-refractivity contribution in [1.29, 1.82) is 0 Å². The number of hydrogen-bond donors (Lipinski definition) is 1. The van der Waals surface area contributed by atoms with Crippen LogP contribution in [0.4, 0.5) is 0 Å². The number of aliphatic hydroxyl groups excluding tert-OH is 1. The van der Waals surface area contributed by atoms with Crippen LogP contribution < -0.4 is 0 Å². The first kappa shape index (κ1) is 16.7. The molecule has 0 bridgehead atoms. The lowest BCUT2D eigenvalue weighted by Crippen LogP contribution is -2.11. The van der Waals surface area contributed by atoms with Crippen LogP contribution in [0.5, 0.6) is 0 Å². The van der Waals surface area contributed by atoms with Gasteiger partial charge < -0.3 is 5.11 Å². The van der Waals surface area contributed by atoms with E-state index in [1.54, 1.807) is 0 Å². The van der Waals surface area contributed by atoms with Gasteiger partial charge in [0.1, 0.15) is 0 Å². The molecule has 2 aromatic carbocycles. The molecule has 0 aliphatic heterocycles. The highest BCUT2D eigenvalue weighted by Crippen LogP contribution is 2.29. The summed E-state index contributed by atoms with van der Waals surface area (Å²) in [5.41, 5.74) is 3.51. The second-order valence-electron chi connectivity index (χ2n) is 6.33. The van der Waals surface area contributed by atoms with Crippen molar-refractivity contribution in [2.24, 2.45) is 0 Å². The average molecular weight is 412 g/mol. The normalized spacial score (nSPS) is 13.2. The molecule has 3 heteroatoms. The van der Waals surface area contributed by atoms with Gasteiger partial charge in [0.2, 0.25) is 0 Å². The summed E-state index contributed by atoms with van der Waals surface area (Å²) in [6.45, 7) is 6.61. The third kappa shape index (κ3) is 4.41. The van der Waals surface area contributed by atoms with Gasteiger partial charge in [-0.05, 0) is 40.3 Å². The second-order valence-corrected chi connectivity index (χ2v) is 8.10. The Balaban J connectivity index is 2.16. The van der Waals surface area contributed by atoms with E-state index in [1.165, 1.54) is 5.56 Å². The topological polar surface area (TPSA) is 20.2 Å². The van der Waals surface area contributed by atoms with Crippen molar-refractivity contribution in [2.45, 2.75) is 38.7 Å². The molecule has 0 saturated heterocycles. The van der Waals surface area contributed by atoms with Crippen LogP contribution in [0.15, 0.2) is 51.4 Å². The minimum atomic E-state index is -0.516. The van der Waals surface area contributed by atoms with Crippen LogP contribution in [0, 0.1) is 0 Å². The van der Waals surface area contributed by atoms with Gasteiger partial charge in [0, 0.05) is 15.4 Å². The number of hydrogen-bond acceptors (Lipinski definition) is 1. The van der Waals surface area contributed by atoms with Crippen LogP contribution in [0.25, 0.3) is 0 Å². The van der Waals surface area contributed by atoms with E-state index >= 15 is 0 Å². The SMILES string of the molecule is CC(C)(C)c1ccc(CC(O)c2cc(Br)ccc2Br)cc1. The smallest absolute Gasteiger partial charge is 0.0841 e. The van der Waals surface area contributed by atoms with Crippen LogP contribution in [0.3, 0.4) is 0 Å². The number of halogens is 2. The molecule has 1 atom stereocenters. The summed E-state index contributed by atoms with van der Waals surface area (Å²) in [6.07, 6.45) is 0.0943. The summed E-state index contributed by atoms with van der Waals surface area (Å²) in [4.78, 5) is 0. The van der Waals surface area contributed by atoms with Crippen LogP contribution in [0.2, 0.25) is 0 Å². The van der Waals surface area contributed by atoms with Gasteiger partial charge in [-0.3, -0.25) is 0 Å². The van der Waals surface area contributed by atoms with Crippen LogP contribution in [0.1, 0.15) is 43.6 Å². The van der Waals surface area contributed by atoms with Gasteiger partial charge in [-0.2, -0.15) is 0 Å². The van der Waals surface area contributed by atoms with Gasteiger partial charge >= 0.3 is 0 Å². The number of aliphatic hydroxyl groups is 1. The first-order valence-corrected chi connectivity index (χ1v) is 8.58. The molecule has 0 aliphatic carbocycles. The summed E-state index contributed by atoms with van der Waals surface area (Å²) in [5, 5.41) is 10.5. The summed E-state index contributed by atoms with van der Waals surface area (Å²) in [6, 6.07) is 14.4. The van der Waals surface area contributed by atoms with Crippen molar-refractivity contribution in [3.05, 3.63) is 68.1 Å². The highest BCUT2D eigenvalue weighted by molar-refractivity contribution is 9.11. The molecule has 112 valence electrons. The summed E-state index contributed by atoms with van der Waals surface area (Å²) in [5.74, 6) is 0. The van der Waals surface area contributed by atoms with Crippen LogP contribution >= 0.6 is 31.9 Å². The fourth-order valence-electron chi connectivity index (χ4n) is 2.24. The minimum absolute atomic E-state index is 0.157. The fraction of sp³-hybridized carbons (Fsp3) is 0.333. The Hall–Kier alpha value is -0.640. The maximum absolute atomic E-state index is 10.5. The molecule has 0 heterocycles. The Morgan fingerprint density at radius 2 is 1.62 bits per heavy atom. The van der Waals surface area contributed by atoms with Gasteiger partial charge in [-0.1, -0.05) is 76.9 Å². The molecule has 0 amide bonds. The first-order chi connectivity index (χ1) is 9.77. The minimum Gasteiger partial charge on any atom is -0.388 e. The lowest BCUT2D eigenvalue weighted by molar-refractivity contribution is 0.177. The lowest BCUT2D eigenvalue weighted by atomic mass is 9.86. The summed E-state index contributed by atoms with van der Waals surface area (Å²) < 4.78 is 1.91. The zero-order chi connectivity index (χ0) is 15.6. The third-order valence-electron chi connectivity index (χ3n) is 3.57. The van der Waals surface area contributed by atoms with Crippen molar-refractivity contribution in [3.63, 3.8) is 0 Å². The molecule has 0 saturated carbocycles. The molecule has 2 aromatic rings. The third-order valence-corrected chi connectivity index (χ3v) is 4.78. The molecule has 0 aliphatic rings. The molecular formula is C18H20Br2O. The quantitative estimate of drug-likeness (QED) is 0.677. The van der Waals surface area contributed by atoms with E-state index in [9.17, 15) is 5.11 Å². The Morgan fingerprint density at radius 1 is 1.00 bits per heavy atom. The molecule has 1 N–H and O–H groups in total. The Bertz CT molecular complexity index is 612. The zero-order valence-electron chi connectivity index (χ0n) is 12.5. The van der Waals surface area contributed by atoms with Gasteiger partial charge in [0.25, 0.3) is 0 Å². The van der Waals surface area contributed by atoms with E-state index in [0.29, 0.717) is 6.42 Å². The van der Waals surface area contributed by atoms with Crippen molar-refractivity contribution in [3.8, 4) is 0 Å². The van der Waals surface area contributed by atoms with Gasteiger partial charge in [-0.15, -0.1) is 0 Å². The van der Waals surface area contributed by atoms with Crippen LogP contribution in [-0.4, -0.2) is 5.11 Å². The van der Waals surface area contributed by atoms with E-state index < -0.39 is 6.10 Å². The Kier molecular flexibility index (Phi) is 5.29. The standard InChI is InChI=1S/C18H20Br2O/c1-18(2,3)13-6-4-12(5-7-13)10-17(21)15-11-14(19)8-9-16(15)20/h4-9,11,17,21H,10H2,1-3H3. The van der Waals surface area contributed by atoms with Crippen molar-refractivity contribution < 1.29 is 5.11 Å². The van der Waals surface area contributed by atoms with Crippen molar-refractivity contribution in [1.82, 2.24) is 0 Å². The van der Waals surface area contributed by atoms with Crippen molar-refractivity contribution >= 4 is 31.9 Å². The van der Waals surface area contributed by atoms with Gasteiger partial charge in [-0.25, -0.2) is 0 Å². The predicted molar refractivity (Wildman–Crippen MR) is 95.6 cm³/mol. The highest BCUT2D eigenvalue weighted by atomic mass is 79.9. The molecule has 0 fully saturated rings. The highest BCUT2D eigenvalue weighted by Gasteiger charge is 2.15. The van der Waals surface area contributed by atoms with Gasteiger partial charge in [0.05, 0.1) is 6.10 Å². The number of benzene rings is 2.